The predicted octanol–water partition coefficient (Wildman–Crippen LogP) is 4.78. The molecular weight excluding hydrogens is 276 g/mol. The maximum absolute atomic E-state index is 10.8. The van der Waals surface area contributed by atoms with Crippen molar-refractivity contribution < 1.29 is 4.92 Å². The maximum atomic E-state index is 10.8. The van der Waals surface area contributed by atoms with Crippen molar-refractivity contribution in [2.45, 2.75) is 19.8 Å². The number of hydrogen-bond donors (Lipinski definition) is 0. The van der Waals surface area contributed by atoms with Gasteiger partial charge in [-0.1, -0.05) is 50.2 Å². The summed E-state index contributed by atoms with van der Waals surface area (Å²) in [5, 5.41) is 20.2. The van der Waals surface area contributed by atoms with Crippen LogP contribution in [0.1, 0.15) is 36.5 Å². The van der Waals surface area contributed by atoms with Crippen LogP contribution in [0.2, 0.25) is 0 Å². The van der Waals surface area contributed by atoms with Gasteiger partial charge in [-0.3, -0.25) is 10.1 Å². The number of non-ortho nitro benzene ring substituents is 1. The van der Waals surface area contributed by atoms with Crippen molar-refractivity contribution in [2.75, 3.05) is 0 Å². The highest BCUT2D eigenvalue weighted by molar-refractivity contribution is 5.90. The van der Waals surface area contributed by atoms with E-state index in [-0.39, 0.29) is 5.69 Å². The van der Waals surface area contributed by atoms with Gasteiger partial charge < -0.3 is 0 Å². The van der Waals surface area contributed by atoms with Gasteiger partial charge in [0.15, 0.2) is 0 Å². The Bertz CT molecular complexity index is 753. The molecule has 0 atom stereocenters. The molecule has 0 bridgehead atoms. The number of benzene rings is 2. The van der Waals surface area contributed by atoms with Crippen LogP contribution in [0.5, 0.6) is 0 Å². The summed E-state index contributed by atoms with van der Waals surface area (Å²) in [7, 11) is 0. The highest BCUT2D eigenvalue weighted by atomic mass is 16.6. The molecule has 22 heavy (non-hydrogen) atoms. The van der Waals surface area contributed by atoms with Gasteiger partial charge in [0, 0.05) is 12.1 Å². The van der Waals surface area contributed by atoms with Gasteiger partial charge in [-0.25, -0.2) is 0 Å². The minimum Gasteiger partial charge on any atom is -0.258 e. The standard InChI is InChI=1S/C18H16N2O2/c1-13(2)15-8-6-14(7-9-15)10-17(12-19)16-4-3-5-18(11-16)20(21)22/h3-11,13H,1-2H3. The van der Waals surface area contributed by atoms with Gasteiger partial charge in [-0.2, -0.15) is 5.26 Å². The zero-order valence-electron chi connectivity index (χ0n) is 12.5. The lowest BCUT2D eigenvalue weighted by Crippen LogP contribution is -1.90. The number of nitriles is 1. The van der Waals surface area contributed by atoms with Crippen molar-refractivity contribution in [3.05, 3.63) is 75.3 Å². The van der Waals surface area contributed by atoms with E-state index in [0.29, 0.717) is 17.1 Å². The van der Waals surface area contributed by atoms with E-state index in [1.165, 1.54) is 17.7 Å². The molecule has 0 N–H and O–H groups in total. The first-order chi connectivity index (χ1) is 10.5. The third kappa shape index (κ3) is 3.58. The van der Waals surface area contributed by atoms with Gasteiger partial charge in [0.25, 0.3) is 5.69 Å². The van der Waals surface area contributed by atoms with Gasteiger partial charge in [-0.15, -0.1) is 0 Å². The number of nitro groups is 1. The first-order valence-electron chi connectivity index (χ1n) is 6.98. The van der Waals surface area contributed by atoms with Gasteiger partial charge >= 0.3 is 0 Å². The Balaban J connectivity index is 2.37. The number of allylic oxidation sites excluding steroid dienone is 1. The highest BCUT2D eigenvalue weighted by Gasteiger charge is 2.09. The Labute approximate surface area is 129 Å². The average molecular weight is 292 g/mol. The van der Waals surface area contributed by atoms with Gasteiger partial charge in [0.1, 0.15) is 0 Å². The normalized spacial score (nSPS) is 11.3. The quantitative estimate of drug-likeness (QED) is 0.352. The largest absolute Gasteiger partial charge is 0.270 e. The highest BCUT2D eigenvalue weighted by Crippen LogP contribution is 2.23. The van der Waals surface area contributed by atoms with Gasteiger partial charge in [0.05, 0.1) is 16.6 Å². The Morgan fingerprint density at radius 3 is 2.45 bits per heavy atom. The Hall–Kier alpha value is -2.93. The molecule has 0 unspecified atom stereocenters. The van der Waals surface area contributed by atoms with E-state index in [1.54, 1.807) is 18.2 Å². The van der Waals surface area contributed by atoms with Gasteiger partial charge in [0.2, 0.25) is 0 Å². The van der Waals surface area contributed by atoms with Crippen molar-refractivity contribution in [3.63, 3.8) is 0 Å². The molecule has 0 saturated heterocycles. The lowest BCUT2D eigenvalue weighted by molar-refractivity contribution is -0.384. The van der Waals surface area contributed by atoms with Crippen LogP contribution < -0.4 is 0 Å². The lowest BCUT2D eigenvalue weighted by atomic mass is 9.99. The Morgan fingerprint density at radius 2 is 1.91 bits per heavy atom. The van der Waals surface area contributed by atoms with Crippen LogP contribution in [-0.4, -0.2) is 4.92 Å². The monoisotopic (exact) mass is 292 g/mol. The third-order valence-corrected chi connectivity index (χ3v) is 3.40. The Morgan fingerprint density at radius 1 is 1.23 bits per heavy atom. The second-order valence-corrected chi connectivity index (χ2v) is 5.30. The molecule has 0 aliphatic carbocycles. The fourth-order valence-corrected chi connectivity index (χ4v) is 2.11. The van der Waals surface area contributed by atoms with Crippen molar-refractivity contribution in [2.24, 2.45) is 0 Å². The summed E-state index contributed by atoms with van der Waals surface area (Å²) in [4.78, 5) is 10.4. The molecule has 2 rings (SSSR count). The summed E-state index contributed by atoms with van der Waals surface area (Å²) in [5.74, 6) is 0.449. The maximum Gasteiger partial charge on any atom is 0.270 e. The average Bonchev–Trinajstić information content (AvgIpc) is 2.53. The first-order valence-corrected chi connectivity index (χ1v) is 6.98. The summed E-state index contributed by atoms with van der Waals surface area (Å²) in [5.41, 5.74) is 3.05. The molecule has 0 aliphatic rings. The van der Waals surface area contributed by atoms with E-state index >= 15 is 0 Å². The van der Waals surface area contributed by atoms with E-state index in [4.69, 9.17) is 0 Å². The smallest absolute Gasteiger partial charge is 0.258 e. The Kier molecular flexibility index (Phi) is 4.70. The zero-order chi connectivity index (χ0) is 16.1. The number of hydrogen-bond acceptors (Lipinski definition) is 3. The van der Waals surface area contributed by atoms with Gasteiger partial charge in [-0.05, 0) is 28.7 Å². The number of rotatable bonds is 4. The molecule has 110 valence electrons. The van der Waals surface area contributed by atoms with Crippen LogP contribution >= 0.6 is 0 Å². The summed E-state index contributed by atoms with van der Waals surface area (Å²) >= 11 is 0. The molecule has 0 spiro atoms. The van der Waals surface area contributed by atoms with Crippen LogP contribution in [0.25, 0.3) is 11.6 Å². The molecular formula is C18H16N2O2. The summed E-state index contributed by atoms with van der Waals surface area (Å²) in [6, 6.07) is 16.2. The molecule has 0 heterocycles. The summed E-state index contributed by atoms with van der Waals surface area (Å²) in [6.45, 7) is 4.24. The molecule has 2 aromatic rings. The van der Waals surface area contributed by atoms with E-state index in [2.05, 4.69) is 19.9 Å². The molecule has 4 heteroatoms. The van der Waals surface area contributed by atoms with E-state index in [1.807, 2.05) is 24.3 Å². The SMILES string of the molecule is CC(C)c1ccc(C=C(C#N)c2cccc([N+](=O)[O-])c2)cc1. The zero-order valence-corrected chi connectivity index (χ0v) is 12.5. The molecule has 0 amide bonds. The van der Waals surface area contributed by atoms with E-state index < -0.39 is 4.92 Å². The molecule has 0 fully saturated rings. The summed E-state index contributed by atoms with van der Waals surface area (Å²) < 4.78 is 0. The molecule has 4 nitrogen and oxygen atoms in total. The van der Waals surface area contributed by atoms with Crippen LogP contribution in [0, 0.1) is 21.4 Å². The predicted molar refractivity (Wildman–Crippen MR) is 87.1 cm³/mol. The molecule has 0 saturated carbocycles. The molecule has 0 aromatic heterocycles. The summed E-state index contributed by atoms with van der Waals surface area (Å²) in [6.07, 6.45) is 1.74. The van der Waals surface area contributed by atoms with Crippen molar-refractivity contribution in [1.82, 2.24) is 0 Å². The van der Waals surface area contributed by atoms with Crippen LogP contribution in [0.3, 0.4) is 0 Å². The second-order valence-electron chi connectivity index (χ2n) is 5.30. The van der Waals surface area contributed by atoms with Crippen LogP contribution in [0.4, 0.5) is 5.69 Å². The van der Waals surface area contributed by atoms with E-state index in [9.17, 15) is 15.4 Å². The third-order valence-electron chi connectivity index (χ3n) is 3.40. The van der Waals surface area contributed by atoms with Crippen molar-refractivity contribution >= 4 is 17.3 Å². The minimum atomic E-state index is -0.462. The second kappa shape index (κ2) is 6.68. The van der Waals surface area contributed by atoms with Crippen molar-refractivity contribution in [3.8, 4) is 6.07 Å². The molecule has 0 radical (unpaired) electrons. The molecule has 0 aliphatic heterocycles. The first kappa shape index (κ1) is 15.5. The van der Waals surface area contributed by atoms with E-state index in [0.717, 1.165) is 5.56 Å². The number of nitrogens with zero attached hydrogens (tertiary/aromatic N) is 2. The number of nitro benzene ring substituents is 1. The fraction of sp³-hybridized carbons (Fsp3) is 0.167. The topological polar surface area (TPSA) is 66.9 Å². The lowest BCUT2D eigenvalue weighted by Gasteiger charge is -2.05. The van der Waals surface area contributed by atoms with Crippen LogP contribution in [-0.2, 0) is 0 Å². The molecule has 2 aromatic carbocycles. The minimum absolute atomic E-state index is 0.0196. The van der Waals surface area contributed by atoms with Crippen LogP contribution in [0.15, 0.2) is 48.5 Å². The fourth-order valence-electron chi connectivity index (χ4n) is 2.11. The van der Waals surface area contributed by atoms with Crippen molar-refractivity contribution in [1.29, 1.82) is 5.26 Å².